The van der Waals surface area contributed by atoms with E-state index in [1.165, 1.54) is 0 Å². The van der Waals surface area contributed by atoms with Gasteiger partial charge in [-0.1, -0.05) is 61.5 Å². The Morgan fingerprint density at radius 2 is 1.88 bits per heavy atom. The summed E-state index contributed by atoms with van der Waals surface area (Å²) >= 11 is 0. The SMILES string of the molecule is CC[C@H](CO)[C@H]1c2ccccc2C=CN1C(=O)OCc1ccccc1. The maximum atomic E-state index is 12.7. The van der Waals surface area contributed by atoms with Gasteiger partial charge in [0.15, 0.2) is 0 Å². The van der Waals surface area contributed by atoms with Crippen LogP contribution in [0.4, 0.5) is 4.79 Å². The van der Waals surface area contributed by atoms with E-state index in [9.17, 15) is 9.90 Å². The lowest BCUT2D eigenvalue weighted by Crippen LogP contribution is -2.38. The Kier molecular flexibility index (Phi) is 5.51. The molecule has 0 fully saturated rings. The number of benzene rings is 2. The third kappa shape index (κ3) is 3.74. The molecule has 2 aromatic rings. The van der Waals surface area contributed by atoms with Gasteiger partial charge in [0, 0.05) is 18.7 Å². The van der Waals surface area contributed by atoms with Crippen LogP contribution in [-0.4, -0.2) is 22.7 Å². The van der Waals surface area contributed by atoms with Crippen LogP contribution >= 0.6 is 0 Å². The number of fused-ring (bicyclic) bond motifs is 1. The second kappa shape index (κ2) is 7.99. The number of rotatable bonds is 5. The lowest BCUT2D eigenvalue weighted by atomic mass is 9.86. The summed E-state index contributed by atoms with van der Waals surface area (Å²) in [5.74, 6) is -0.0459. The first-order valence-corrected chi connectivity index (χ1v) is 8.61. The second-order valence-corrected chi connectivity index (χ2v) is 6.19. The molecule has 4 heteroatoms. The Morgan fingerprint density at radius 1 is 1.16 bits per heavy atom. The van der Waals surface area contributed by atoms with Gasteiger partial charge in [0.25, 0.3) is 0 Å². The fourth-order valence-corrected chi connectivity index (χ4v) is 3.24. The molecule has 1 heterocycles. The van der Waals surface area contributed by atoms with Crippen LogP contribution in [-0.2, 0) is 11.3 Å². The van der Waals surface area contributed by atoms with Crippen molar-refractivity contribution in [2.75, 3.05) is 6.61 Å². The molecule has 1 aliphatic heterocycles. The van der Waals surface area contributed by atoms with Crippen molar-refractivity contribution < 1.29 is 14.6 Å². The van der Waals surface area contributed by atoms with Gasteiger partial charge in [0.05, 0.1) is 6.04 Å². The molecule has 1 N–H and O–H groups in total. The minimum atomic E-state index is -0.397. The summed E-state index contributed by atoms with van der Waals surface area (Å²) in [5.41, 5.74) is 3.07. The van der Waals surface area contributed by atoms with Gasteiger partial charge >= 0.3 is 6.09 Å². The average Bonchev–Trinajstić information content (AvgIpc) is 2.68. The third-order valence-corrected chi connectivity index (χ3v) is 4.65. The predicted octanol–water partition coefficient (Wildman–Crippen LogP) is 4.37. The number of amides is 1. The van der Waals surface area contributed by atoms with Crippen molar-refractivity contribution in [3.8, 4) is 0 Å². The zero-order valence-electron chi connectivity index (χ0n) is 14.3. The first-order chi connectivity index (χ1) is 12.2. The highest BCUT2D eigenvalue weighted by Gasteiger charge is 2.34. The highest BCUT2D eigenvalue weighted by Crippen LogP contribution is 2.37. The molecule has 25 heavy (non-hydrogen) atoms. The molecule has 1 aliphatic rings. The third-order valence-electron chi connectivity index (χ3n) is 4.65. The van der Waals surface area contributed by atoms with Crippen LogP contribution in [0.1, 0.15) is 36.1 Å². The second-order valence-electron chi connectivity index (χ2n) is 6.19. The molecule has 2 atom stereocenters. The molecular weight excluding hydrogens is 314 g/mol. The molecule has 0 bridgehead atoms. The zero-order chi connectivity index (χ0) is 17.6. The molecular formula is C21H23NO3. The van der Waals surface area contributed by atoms with E-state index in [1.54, 1.807) is 11.1 Å². The van der Waals surface area contributed by atoms with E-state index >= 15 is 0 Å². The monoisotopic (exact) mass is 337 g/mol. The van der Waals surface area contributed by atoms with Crippen LogP contribution in [0.15, 0.2) is 60.8 Å². The molecule has 130 valence electrons. The number of nitrogens with zero attached hydrogens (tertiary/aromatic N) is 1. The van der Waals surface area contributed by atoms with Crippen molar-refractivity contribution in [3.63, 3.8) is 0 Å². The van der Waals surface area contributed by atoms with E-state index in [4.69, 9.17) is 4.74 Å². The Bertz CT molecular complexity index is 738. The van der Waals surface area contributed by atoms with E-state index in [0.29, 0.717) is 0 Å². The van der Waals surface area contributed by atoms with Gasteiger partial charge in [-0.25, -0.2) is 4.79 Å². The molecule has 0 saturated heterocycles. The topological polar surface area (TPSA) is 49.8 Å². The van der Waals surface area contributed by atoms with E-state index in [0.717, 1.165) is 23.1 Å². The predicted molar refractivity (Wildman–Crippen MR) is 97.5 cm³/mol. The van der Waals surface area contributed by atoms with Crippen LogP contribution in [0.3, 0.4) is 0 Å². The summed E-state index contributed by atoms with van der Waals surface area (Å²) in [5, 5.41) is 9.81. The van der Waals surface area contributed by atoms with Gasteiger partial charge in [0.1, 0.15) is 6.61 Å². The number of carbonyl (C=O) groups excluding carboxylic acids is 1. The number of aliphatic hydroxyl groups excluding tert-OH is 1. The highest BCUT2D eigenvalue weighted by atomic mass is 16.6. The van der Waals surface area contributed by atoms with Gasteiger partial charge in [0.2, 0.25) is 0 Å². The molecule has 0 aliphatic carbocycles. The quantitative estimate of drug-likeness (QED) is 0.881. The Balaban J connectivity index is 1.82. The largest absolute Gasteiger partial charge is 0.444 e. The van der Waals surface area contributed by atoms with Gasteiger partial charge in [-0.05, 0) is 29.2 Å². The smallest absolute Gasteiger partial charge is 0.414 e. The number of carbonyl (C=O) groups is 1. The number of hydrogen-bond acceptors (Lipinski definition) is 3. The van der Waals surface area contributed by atoms with E-state index in [1.807, 2.05) is 67.6 Å². The molecule has 0 spiro atoms. The van der Waals surface area contributed by atoms with Crippen molar-refractivity contribution in [1.82, 2.24) is 4.90 Å². The molecule has 1 amide bonds. The first kappa shape index (κ1) is 17.2. The van der Waals surface area contributed by atoms with Crippen molar-refractivity contribution in [2.45, 2.75) is 26.0 Å². The molecule has 3 rings (SSSR count). The van der Waals surface area contributed by atoms with Crippen LogP contribution in [0.5, 0.6) is 0 Å². The van der Waals surface area contributed by atoms with E-state index < -0.39 is 6.09 Å². The molecule has 0 saturated carbocycles. The van der Waals surface area contributed by atoms with Crippen LogP contribution in [0.2, 0.25) is 0 Å². The Morgan fingerprint density at radius 3 is 2.60 bits per heavy atom. The zero-order valence-corrected chi connectivity index (χ0v) is 14.3. The van der Waals surface area contributed by atoms with Gasteiger partial charge < -0.3 is 9.84 Å². The summed E-state index contributed by atoms with van der Waals surface area (Å²) in [6, 6.07) is 17.4. The van der Waals surface area contributed by atoms with E-state index in [2.05, 4.69) is 0 Å². The molecule has 4 nitrogen and oxygen atoms in total. The van der Waals surface area contributed by atoms with Crippen molar-refractivity contribution in [1.29, 1.82) is 0 Å². The number of hydrogen-bond donors (Lipinski definition) is 1. The van der Waals surface area contributed by atoms with Gasteiger partial charge in [-0.2, -0.15) is 0 Å². The fraction of sp³-hybridized carbons (Fsp3) is 0.286. The lowest BCUT2D eigenvalue weighted by Gasteiger charge is -2.36. The Labute approximate surface area is 148 Å². The maximum absolute atomic E-state index is 12.7. The summed E-state index contributed by atoms with van der Waals surface area (Å²) in [7, 11) is 0. The molecule has 0 radical (unpaired) electrons. The summed E-state index contributed by atoms with van der Waals surface area (Å²) in [6.45, 7) is 2.27. The minimum absolute atomic E-state index is 0.0196. The first-order valence-electron chi connectivity index (χ1n) is 8.61. The van der Waals surface area contributed by atoms with Crippen molar-refractivity contribution >= 4 is 12.2 Å². The minimum Gasteiger partial charge on any atom is -0.444 e. The number of ether oxygens (including phenoxy) is 1. The molecule has 0 aromatic heterocycles. The molecule has 2 aromatic carbocycles. The van der Waals surface area contributed by atoms with Crippen molar-refractivity contribution in [2.24, 2.45) is 5.92 Å². The van der Waals surface area contributed by atoms with Gasteiger partial charge in [-0.3, -0.25) is 4.90 Å². The van der Waals surface area contributed by atoms with E-state index in [-0.39, 0.29) is 25.2 Å². The molecule has 0 unspecified atom stereocenters. The Hall–Kier alpha value is -2.59. The van der Waals surface area contributed by atoms with Crippen molar-refractivity contribution in [3.05, 3.63) is 77.5 Å². The summed E-state index contributed by atoms with van der Waals surface area (Å²) in [4.78, 5) is 14.3. The van der Waals surface area contributed by atoms with Crippen LogP contribution in [0, 0.1) is 5.92 Å². The number of aliphatic hydroxyl groups is 1. The standard InChI is InChI=1S/C21H23NO3/c1-2-17(14-23)20-19-11-7-6-10-18(19)12-13-22(20)21(24)25-15-16-8-4-3-5-9-16/h3-13,17,20,23H,2,14-15H2,1H3/t17-,20+/m1/s1. The lowest BCUT2D eigenvalue weighted by molar-refractivity contribution is 0.0741. The van der Waals surface area contributed by atoms with Crippen LogP contribution in [0.25, 0.3) is 6.08 Å². The fourth-order valence-electron chi connectivity index (χ4n) is 3.24. The average molecular weight is 337 g/mol. The normalized spacial score (nSPS) is 17.0. The summed E-state index contributed by atoms with van der Waals surface area (Å²) in [6.07, 6.45) is 4.05. The highest BCUT2D eigenvalue weighted by molar-refractivity contribution is 5.73. The maximum Gasteiger partial charge on any atom is 0.414 e. The van der Waals surface area contributed by atoms with Gasteiger partial charge in [-0.15, -0.1) is 0 Å². The summed E-state index contributed by atoms with van der Waals surface area (Å²) < 4.78 is 5.51. The van der Waals surface area contributed by atoms with Crippen LogP contribution < -0.4 is 0 Å².